The van der Waals surface area contributed by atoms with Crippen LogP contribution < -0.4 is 5.73 Å². The molecular weight excluding hydrogens is 256 g/mol. The molecule has 0 saturated heterocycles. The molecule has 0 aliphatic carbocycles. The molecule has 19 heavy (non-hydrogen) atoms. The van der Waals surface area contributed by atoms with Gasteiger partial charge in [0.2, 0.25) is 6.29 Å². The summed E-state index contributed by atoms with van der Waals surface area (Å²) in [5.41, 5.74) is 5.38. The Morgan fingerprint density at radius 1 is 1.53 bits per heavy atom. The Balaban J connectivity index is 3.02. The molecule has 1 rings (SSSR count). The van der Waals surface area contributed by atoms with Crippen LogP contribution in [0.2, 0.25) is 0 Å². The number of hydrogen-bond donors (Lipinski definition) is 5. The quantitative estimate of drug-likeness (QED) is 0.319. The van der Waals surface area contributed by atoms with Crippen LogP contribution in [-0.4, -0.2) is 44.0 Å². The predicted molar refractivity (Wildman–Crippen MR) is 62.7 cm³/mol. The standard InChI is InChI=1S/C11H16N2O6/c1-5-9(16)8(6(3-14)2-13-5)11(18)19-10(17)7(12)4-15/h2,7,11,14-16,18H,3-4,12H2,1H3/t7-,11?/m0/s1. The monoisotopic (exact) mass is 272 g/mol. The second-order valence-electron chi connectivity index (χ2n) is 3.87. The van der Waals surface area contributed by atoms with Crippen LogP contribution in [0.4, 0.5) is 0 Å². The van der Waals surface area contributed by atoms with Gasteiger partial charge in [0.05, 0.1) is 24.5 Å². The van der Waals surface area contributed by atoms with Gasteiger partial charge in [-0.1, -0.05) is 0 Å². The number of nitrogens with two attached hydrogens (primary N) is 1. The van der Waals surface area contributed by atoms with Gasteiger partial charge < -0.3 is 30.9 Å². The smallest absolute Gasteiger partial charge is 0.327 e. The first-order valence-electron chi connectivity index (χ1n) is 5.45. The molecule has 1 aromatic rings. The van der Waals surface area contributed by atoms with Gasteiger partial charge in [-0.25, -0.2) is 0 Å². The number of aryl methyl sites for hydroxylation is 1. The zero-order chi connectivity index (χ0) is 14.6. The van der Waals surface area contributed by atoms with Crippen LogP contribution >= 0.6 is 0 Å². The van der Waals surface area contributed by atoms with Crippen molar-refractivity contribution in [1.29, 1.82) is 0 Å². The van der Waals surface area contributed by atoms with E-state index < -0.39 is 31.5 Å². The minimum Gasteiger partial charge on any atom is -0.506 e. The van der Waals surface area contributed by atoms with Crippen LogP contribution in [0.1, 0.15) is 23.1 Å². The minimum atomic E-state index is -1.81. The van der Waals surface area contributed by atoms with Gasteiger partial charge in [0.25, 0.3) is 0 Å². The maximum Gasteiger partial charge on any atom is 0.327 e. The van der Waals surface area contributed by atoms with Crippen LogP contribution in [-0.2, 0) is 16.1 Å². The Morgan fingerprint density at radius 2 is 2.16 bits per heavy atom. The van der Waals surface area contributed by atoms with Gasteiger partial charge in [0.1, 0.15) is 11.8 Å². The summed E-state index contributed by atoms with van der Waals surface area (Å²) in [6.45, 7) is 0.338. The van der Waals surface area contributed by atoms with Crippen LogP contribution in [0, 0.1) is 6.92 Å². The molecule has 0 bridgehead atoms. The number of carbonyl (C=O) groups excluding carboxylic acids is 1. The zero-order valence-electron chi connectivity index (χ0n) is 10.3. The summed E-state index contributed by atoms with van der Waals surface area (Å²) in [5, 5.41) is 37.3. The molecule has 0 saturated carbocycles. The Hall–Kier alpha value is -1.74. The van der Waals surface area contributed by atoms with Crippen LogP contribution in [0.25, 0.3) is 0 Å². The van der Waals surface area contributed by atoms with Gasteiger partial charge in [-0.3, -0.25) is 9.78 Å². The van der Waals surface area contributed by atoms with Crippen molar-refractivity contribution in [3.05, 3.63) is 23.0 Å². The molecule has 0 spiro atoms. The number of aliphatic hydroxyl groups is 3. The predicted octanol–water partition coefficient (Wildman–Crippen LogP) is -1.56. The lowest BCUT2D eigenvalue weighted by atomic mass is 10.1. The molecule has 0 aliphatic rings. The van der Waals surface area contributed by atoms with Crippen molar-refractivity contribution in [2.45, 2.75) is 25.9 Å². The van der Waals surface area contributed by atoms with E-state index >= 15 is 0 Å². The van der Waals surface area contributed by atoms with Gasteiger partial charge >= 0.3 is 5.97 Å². The highest BCUT2D eigenvalue weighted by Crippen LogP contribution is 2.30. The number of aliphatic hydroxyl groups excluding tert-OH is 3. The van der Waals surface area contributed by atoms with E-state index in [0.717, 1.165) is 0 Å². The second kappa shape index (κ2) is 6.43. The first-order valence-corrected chi connectivity index (χ1v) is 5.45. The van der Waals surface area contributed by atoms with Gasteiger partial charge in [0.15, 0.2) is 0 Å². The molecule has 6 N–H and O–H groups in total. The normalized spacial score (nSPS) is 13.9. The Morgan fingerprint density at radius 3 is 2.68 bits per heavy atom. The summed E-state index contributed by atoms with van der Waals surface area (Å²) in [6, 6.07) is -1.29. The van der Waals surface area contributed by atoms with Crippen molar-refractivity contribution < 1.29 is 30.0 Å². The fourth-order valence-corrected chi connectivity index (χ4v) is 1.38. The molecule has 0 amide bonds. The number of ether oxygens (including phenoxy) is 1. The number of carbonyl (C=O) groups is 1. The Labute approximate surface area is 109 Å². The molecule has 0 aliphatic heterocycles. The molecule has 0 radical (unpaired) electrons. The van der Waals surface area contributed by atoms with Crippen LogP contribution in [0.15, 0.2) is 6.20 Å². The van der Waals surface area contributed by atoms with Crippen molar-refractivity contribution >= 4 is 5.97 Å². The molecule has 8 heteroatoms. The van der Waals surface area contributed by atoms with Gasteiger partial charge in [0, 0.05) is 11.8 Å². The fraction of sp³-hybridized carbons (Fsp3) is 0.455. The molecule has 0 fully saturated rings. The molecule has 2 atom stereocenters. The van der Waals surface area contributed by atoms with E-state index in [9.17, 15) is 15.0 Å². The van der Waals surface area contributed by atoms with Crippen molar-refractivity contribution in [2.24, 2.45) is 5.73 Å². The van der Waals surface area contributed by atoms with E-state index in [2.05, 4.69) is 9.72 Å². The summed E-state index contributed by atoms with van der Waals surface area (Å²) in [6.07, 6.45) is -0.568. The Kier molecular flexibility index (Phi) is 5.19. The van der Waals surface area contributed by atoms with E-state index in [1.807, 2.05) is 0 Å². The molecule has 1 unspecified atom stereocenters. The highest BCUT2D eigenvalue weighted by Gasteiger charge is 2.25. The minimum absolute atomic E-state index is 0.112. The molecule has 0 aromatic carbocycles. The van der Waals surface area contributed by atoms with Crippen molar-refractivity contribution in [3.63, 3.8) is 0 Å². The molecule has 8 nitrogen and oxygen atoms in total. The first-order chi connectivity index (χ1) is 8.92. The third kappa shape index (κ3) is 3.38. The maximum absolute atomic E-state index is 11.3. The topological polar surface area (TPSA) is 146 Å². The van der Waals surface area contributed by atoms with Gasteiger partial charge in [-0.2, -0.15) is 0 Å². The summed E-state index contributed by atoms with van der Waals surface area (Å²) in [4.78, 5) is 15.1. The number of pyridine rings is 1. The summed E-state index contributed by atoms with van der Waals surface area (Å²) >= 11 is 0. The van der Waals surface area contributed by atoms with Gasteiger partial charge in [-0.15, -0.1) is 0 Å². The van der Waals surface area contributed by atoms with E-state index in [4.69, 9.17) is 15.9 Å². The van der Waals surface area contributed by atoms with Crippen molar-refractivity contribution in [2.75, 3.05) is 6.61 Å². The fourth-order valence-electron chi connectivity index (χ4n) is 1.38. The lowest BCUT2D eigenvalue weighted by Gasteiger charge is -2.18. The summed E-state index contributed by atoms with van der Waals surface area (Å²) in [7, 11) is 0. The number of aromatic hydroxyl groups is 1. The lowest BCUT2D eigenvalue weighted by molar-refractivity contribution is -0.172. The van der Waals surface area contributed by atoms with Crippen LogP contribution in [0.5, 0.6) is 5.75 Å². The number of rotatable bonds is 5. The third-order valence-corrected chi connectivity index (χ3v) is 2.50. The second-order valence-corrected chi connectivity index (χ2v) is 3.87. The number of hydrogen-bond acceptors (Lipinski definition) is 8. The molecule has 1 heterocycles. The first kappa shape index (κ1) is 15.3. The molecular formula is C11H16N2O6. The number of nitrogens with zero attached hydrogens (tertiary/aromatic N) is 1. The van der Waals surface area contributed by atoms with Crippen molar-refractivity contribution in [3.8, 4) is 5.75 Å². The number of esters is 1. The van der Waals surface area contributed by atoms with E-state index in [0.29, 0.717) is 0 Å². The van der Waals surface area contributed by atoms with Gasteiger partial charge in [-0.05, 0) is 6.92 Å². The van der Waals surface area contributed by atoms with E-state index in [-0.39, 0.29) is 22.6 Å². The zero-order valence-corrected chi connectivity index (χ0v) is 10.3. The highest BCUT2D eigenvalue weighted by molar-refractivity contribution is 5.75. The Bertz CT molecular complexity index is 465. The highest BCUT2D eigenvalue weighted by atomic mass is 16.6. The number of aromatic nitrogens is 1. The summed E-state index contributed by atoms with van der Waals surface area (Å²) in [5.74, 6) is -1.42. The summed E-state index contributed by atoms with van der Waals surface area (Å²) < 4.78 is 4.60. The average Bonchev–Trinajstić information content (AvgIpc) is 2.40. The average molecular weight is 272 g/mol. The largest absolute Gasteiger partial charge is 0.506 e. The SMILES string of the molecule is Cc1ncc(CO)c(C(O)OC(=O)[C@@H](N)CO)c1O. The van der Waals surface area contributed by atoms with Crippen molar-refractivity contribution in [1.82, 2.24) is 4.98 Å². The maximum atomic E-state index is 11.3. The third-order valence-electron chi connectivity index (χ3n) is 2.50. The molecule has 106 valence electrons. The van der Waals surface area contributed by atoms with E-state index in [1.54, 1.807) is 0 Å². The molecule has 1 aromatic heterocycles. The van der Waals surface area contributed by atoms with Crippen LogP contribution in [0.3, 0.4) is 0 Å². The lowest BCUT2D eigenvalue weighted by Crippen LogP contribution is -2.36. The van der Waals surface area contributed by atoms with E-state index in [1.165, 1.54) is 13.1 Å².